The minimum absolute atomic E-state index is 1.00. The predicted octanol–water partition coefficient (Wildman–Crippen LogP) is 4.16. The number of aromatic nitrogens is 2. The van der Waals surface area contributed by atoms with Crippen molar-refractivity contribution >= 4 is 0 Å². The van der Waals surface area contributed by atoms with E-state index < -0.39 is 0 Å². The number of para-hydroxylation sites is 1. The fourth-order valence-electron chi connectivity index (χ4n) is 2.16. The van der Waals surface area contributed by atoms with E-state index >= 15 is 0 Å². The summed E-state index contributed by atoms with van der Waals surface area (Å²) in [5, 5.41) is 4.66. The molecular weight excluding hydrogens is 232 g/mol. The molecule has 0 N–H and O–H groups in total. The number of rotatable bonds is 2. The molecule has 0 fully saturated rings. The Morgan fingerprint density at radius 3 is 2.32 bits per heavy atom. The topological polar surface area (TPSA) is 17.8 Å². The highest BCUT2D eigenvalue weighted by Crippen LogP contribution is 2.20. The van der Waals surface area contributed by atoms with Gasteiger partial charge in [0, 0.05) is 11.8 Å². The molecule has 0 aliphatic rings. The maximum absolute atomic E-state index is 4.66. The molecule has 0 amide bonds. The van der Waals surface area contributed by atoms with Gasteiger partial charge in [-0.15, -0.1) is 0 Å². The summed E-state index contributed by atoms with van der Waals surface area (Å²) in [6.45, 7) is 4.19. The van der Waals surface area contributed by atoms with Gasteiger partial charge in [-0.3, -0.25) is 0 Å². The average molecular weight is 248 g/mol. The maximum atomic E-state index is 4.66. The second-order valence-corrected chi connectivity index (χ2v) is 4.80. The van der Waals surface area contributed by atoms with Crippen molar-refractivity contribution in [1.29, 1.82) is 0 Å². The fourth-order valence-corrected chi connectivity index (χ4v) is 2.16. The Morgan fingerprint density at radius 1 is 0.842 bits per heavy atom. The summed E-state index contributed by atoms with van der Waals surface area (Å²) < 4.78 is 1.94. The van der Waals surface area contributed by atoms with E-state index in [4.69, 9.17) is 0 Å². The molecule has 19 heavy (non-hydrogen) atoms. The standard InChI is InChI=1S/C17H16N2/c1-13-7-9-15(10-8-13)16-11-12-19(18-16)17-6-4-3-5-14(17)2/h3-12H,1-2H3. The molecular formula is C17H16N2. The minimum atomic E-state index is 1.00. The summed E-state index contributed by atoms with van der Waals surface area (Å²) >= 11 is 0. The van der Waals surface area contributed by atoms with Crippen molar-refractivity contribution < 1.29 is 0 Å². The molecule has 1 aromatic heterocycles. The van der Waals surface area contributed by atoms with Gasteiger partial charge in [0.05, 0.1) is 11.4 Å². The quantitative estimate of drug-likeness (QED) is 0.666. The molecule has 0 aliphatic heterocycles. The van der Waals surface area contributed by atoms with Crippen LogP contribution in [0.15, 0.2) is 60.8 Å². The minimum Gasteiger partial charge on any atom is -0.240 e. The van der Waals surface area contributed by atoms with Crippen LogP contribution in [0, 0.1) is 13.8 Å². The van der Waals surface area contributed by atoms with Gasteiger partial charge in [0.1, 0.15) is 0 Å². The molecule has 3 rings (SSSR count). The Hall–Kier alpha value is -2.35. The van der Waals surface area contributed by atoms with E-state index in [2.05, 4.69) is 61.4 Å². The Labute approximate surface area is 113 Å². The van der Waals surface area contributed by atoms with Crippen molar-refractivity contribution in [2.75, 3.05) is 0 Å². The normalized spacial score (nSPS) is 10.6. The molecule has 2 heteroatoms. The summed E-state index contributed by atoms with van der Waals surface area (Å²) in [5.74, 6) is 0. The van der Waals surface area contributed by atoms with Crippen molar-refractivity contribution in [3.05, 3.63) is 71.9 Å². The zero-order valence-corrected chi connectivity index (χ0v) is 11.2. The van der Waals surface area contributed by atoms with Crippen LogP contribution in [0.4, 0.5) is 0 Å². The zero-order valence-electron chi connectivity index (χ0n) is 11.2. The Bertz CT molecular complexity index is 693. The first kappa shape index (κ1) is 11.7. The van der Waals surface area contributed by atoms with Gasteiger partial charge in [-0.1, -0.05) is 48.0 Å². The second-order valence-electron chi connectivity index (χ2n) is 4.80. The van der Waals surface area contributed by atoms with E-state index in [9.17, 15) is 0 Å². The lowest BCUT2D eigenvalue weighted by atomic mass is 10.1. The first-order valence-corrected chi connectivity index (χ1v) is 6.43. The third-order valence-corrected chi connectivity index (χ3v) is 3.30. The molecule has 0 radical (unpaired) electrons. The van der Waals surface area contributed by atoms with Crippen molar-refractivity contribution in [3.8, 4) is 16.9 Å². The lowest BCUT2D eigenvalue weighted by Crippen LogP contribution is -1.97. The fraction of sp³-hybridized carbons (Fsp3) is 0.118. The summed E-state index contributed by atoms with van der Waals surface area (Å²) in [7, 11) is 0. The van der Waals surface area contributed by atoms with Gasteiger partial charge in [0.2, 0.25) is 0 Å². The smallest absolute Gasteiger partial charge is 0.0927 e. The monoisotopic (exact) mass is 248 g/mol. The molecule has 2 nitrogen and oxygen atoms in total. The van der Waals surface area contributed by atoms with Crippen molar-refractivity contribution in [2.45, 2.75) is 13.8 Å². The molecule has 94 valence electrons. The van der Waals surface area contributed by atoms with E-state index in [0.29, 0.717) is 0 Å². The van der Waals surface area contributed by atoms with E-state index in [1.54, 1.807) is 0 Å². The molecule has 1 heterocycles. The SMILES string of the molecule is Cc1ccc(-c2ccn(-c3ccccc3C)n2)cc1. The van der Waals surface area contributed by atoms with Gasteiger partial charge < -0.3 is 0 Å². The predicted molar refractivity (Wildman–Crippen MR) is 78.5 cm³/mol. The zero-order chi connectivity index (χ0) is 13.2. The highest BCUT2D eigenvalue weighted by molar-refractivity contribution is 5.59. The number of aryl methyl sites for hydroxylation is 2. The molecule has 3 aromatic rings. The Kier molecular flexibility index (Phi) is 2.92. The van der Waals surface area contributed by atoms with Gasteiger partial charge in [0.15, 0.2) is 0 Å². The summed E-state index contributed by atoms with van der Waals surface area (Å²) in [4.78, 5) is 0. The largest absolute Gasteiger partial charge is 0.240 e. The van der Waals surface area contributed by atoms with Crippen LogP contribution in [0.2, 0.25) is 0 Å². The van der Waals surface area contributed by atoms with Gasteiger partial charge >= 0.3 is 0 Å². The van der Waals surface area contributed by atoms with E-state index in [1.807, 2.05) is 23.0 Å². The third kappa shape index (κ3) is 2.29. The van der Waals surface area contributed by atoms with Crippen LogP contribution in [0.1, 0.15) is 11.1 Å². The molecule has 0 bridgehead atoms. The first-order chi connectivity index (χ1) is 9.24. The van der Waals surface area contributed by atoms with Gasteiger partial charge in [-0.25, -0.2) is 4.68 Å². The van der Waals surface area contributed by atoms with Gasteiger partial charge in [0.25, 0.3) is 0 Å². The lowest BCUT2D eigenvalue weighted by molar-refractivity contribution is 0.876. The Morgan fingerprint density at radius 2 is 1.58 bits per heavy atom. The summed E-state index contributed by atoms with van der Waals surface area (Å²) in [6.07, 6.45) is 2.01. The van der Waals surface area contributed by atoms with E-state index in [0.717, 1.165) is 16.9 Å². The van der Waals surface area contributed by atoms with Crippen molar-refractivity contribution in [3.63, 3.8) is 0 Å². The highest BCUT2D eigenvalue weighted by Gasteiger charge is 2.05. The third-order valence-electron chi connectivity index (χ3n) is 3.30. The molecule has 0 atom stereocenters. The number of hydrogen-bond acceptors (Lipinski definition) is 1. The van der Waals surface area contributed by atoms with Gasteiger partial charge in [-0.2, -0.15) is 5.10 Å². The van der Waals surface area contributed by atoms with Crippen molar-refractivity contribution in [1.82, 2.24) is 9.78 Å². The van der Waals surface area contributed by atoms with Crippen LogP contribution in [-0.4, -0.2) is 9.78 Å². The van der Waals surface area contributed by atoms with E-state index in [-0.39, 0.29) is 0 Å². The van der Waals surface area contributed by atoms with Crippen LogP contribution in [0.5, 0.6) is 0 Å². The second kappa shape index (κ2) is 4.73. The Balaban J connectivity index is 2.00. The van der Waals surface area contributed by atoms with Crippen LogP contribution in [0.25, 0.3) is 16.9 Å². The lowest BCUT2D eigenvalue weighted by Gasteiger charge is -2.04. The van der Waals surface area contributed by atoms with Crippen molar-refractivity contribution in [2.24, 2.45) is 0 Å². The molecule has 0 saturated carbocycles. The molecule has 2 aromatic carbocycles. The average Bonchev–Trinajstić information content (AvgIpc) is 2.89. The van der Waals surface area contributed by atoms with Crippen LogP contribution >= 0.6 is 0 Å². The van der Waals surface area contributed by atoms with Crippen LogP contribution in [-0.2, 0) is 0 Å². The number of benzene rings is 2. The maximum Gasteiger partial charge on any atom is 0.0927 e. The van der Waals surface area contributed by atoms with E-state index in [1.165, 1.54) is 11.1 Å². The van der Waals surface area contributed by atoms with Crippen LogP contribution < -0.4 is 0 Å². The highest BCUT2D eigenvalue weighted by atomic mass is 15.3. The molecule has 0 spiro atoms. The summed E-state index contributed by atoms with van der Waals surface area (Å²) in [5.41, 5.74) is 5.77. The van der Waals surface area contributed by atoms with Gasteiger partial charge in [-0.05, 0) is 31.5 Å². The molecule has 0 saturated heterocycles. The van der Waals surface area contributed by atoms with Crippen LogP contribution in [0.3, 0.4) is 0 Å². The molecule has 0 unspecified atom stereocenters. The number of nitrogens with zero attached hydrogens (tertiary/aromatic N) is 2. The molecule has 0 aliphatic carbocycles. The number of hydrogen-bond donors (Lipinski definition) is 0. The first-order valence-electron chi connectivity index (χ1n) is 6.43. The summed E-state index contributed by atoms with van der Waals surface area (Å²) in [6, 6.07) is 18.8.